The van der Waals surface area contributed by atoms with Crippen LogP contribution < -0.4 is 0 Å². The first-order valence-electron chi connectivity index (χ1n) is 3.87. The van der Waals surface area contributed by atoms with Crippen LogP contribution in [0.4, 0.5) is 0 Å². The fourth-order valence-corrected chi connectivity index (χ4v) is 1.70. The van der Waals surface area contributed by atoms with Gasteiger partial charge in [-0.1, -0.05) is 13.8 Å². The molecule has 0 amide bonds. The average Bonchev–Trinajstić information content (AvgIpc) is 2.09. The summed E-state index contributed by atoms with van der Waals surface area (Å²) in [7, 11) is 0. The van der Waals surface area contributed by atoms with Gasteiger partial charge in [0.15, 0.2) is 0 Å². The minimum absolute atomic E-state index is 0.120. The predicted molar refractivity (Wildman–Crippen MR) is 38.6 cm³/mol. The fourth-order valence-electron chi connectivity index (χ4n) is 1.70. The lowest BCUT2D eigenvalue weighted by Gasteiger charge is -2.12. The molecule has 2 heteroatoms. The minimum atomic E-state index is -0.377. The molecule has 0 aromatic rings. The zero-order valence-electron chi connectivity index (χ0n) is 6.50. The second-order valence-electron chi connectivity index (χ2n) is 3.11. The van der Waals surface area contributed by atoms with Crippen LogP contribution in [0, 0.1) is 11.8 Å². The standard InChI is InChI=1S/C8H14O2/c1-3-6-5(2)7(9)4-8(6)10/h5-7,9H,3-4H2,1-2H3/t5-,6-,7-/m1/s1. The van der Waals surface area contributed by atoms with Crippen molar-refractivity contribution in [1.82, 2.24) is 0 Å². The monoisotopic (exact) mass is 142 g/mol. The van der Waals surface area contributed by atoms with E-state index in [9.17, 15) is 9.90 Å². The molecule has 0 heterocycles. The molecular weight excluding hydrogens is 128 g/mol. The lowest BCUT2D eigenvalue weighted by atomic mass is 9.94. The third-order valence-electron chi connectivity index (χ3n) is 2.51. The first-order valence-corrected chi connectivity index (χ1v) is 3.87. The summed E-state index contributed by atoms with van der Waals surface area (Å²) in [5.41, 5.74) is 0. The molecule has 1 aliphatic rings. The SMILES string of the molecule is CC[C@H]1C(=O)C[C@@H](O)[C@@H]1C. The van der Waals surface area contributed by atoms with Crippen LogP contribution in [0.5, 0.6) is 0 Å². The molecule has 0 aromatic carbocycles. The maximum Gasteiger partial charge on any atom is 0.138 e. The minimum Gasteiger partial charge on any atom is -0.392 e. The maximum atomic E-state index is 11.1. The molecule has 0 aliphatic heterocycles. The molecule has 1 saturated carbocycles. The number of hydrogen-bond acceptors (Lipinski definition) is 2. The topological polar surface area (TPSA) is 37.3 Å². The van der Waals surface area contributed by atoms with Crippen molar-refractivity contribution in [2.45, 2.75) is 32.8 Å². The van der Waals surface area contributed by atoms with Gasteiger partial charge in [-0.25, -0.2) is 0 Å². The molecule has 1 fully saturated rings. The summed E-state index contributed by atoms with van der Waals surface area (Å²) in [6, 6.07) is 0. The van der Waals surface area contributed by atoms with E-state index in [2.05, 4.69) is 0 Å². The smallest absolute Gasteiger partial charge is 0.138 e. The molecule has 3 atom stereocenters. The third-order valence-corrected chi connectivity index (χ3v) is 2.51. The van der Waals surface area contributed by atoms with Gasteiger partial charge in [0.2, 0.25) is 0 Å². The molecule has 0 saturated heterocycles. The summed E-state index contributed by atoms with van der Waals surface area (Å²) in [5, 5.41) is 9.25. The van der Waals surface area contributed by atoms with Gasteiger partial charge in [0.05, 0.1) is 6.10 Å². The fraction of sp³-hybridized carbons (Fsp3) is 0.875. The van der Waals surface area contributed by atoms with Crippen molar-refractivity contribution in [2.75, 3.05) is 0 Å². The largest absolute Gasteiger partial charge is 0.392 e. The van der Waals surface area contributed by atoms with Crippen LogP contribution in [0.15, 0.2) is 0 Å². The number of rotatable bonds is 1. The van der Waals surface area contributed by atoms with E-state index in [1.54, 1.807) is 0 Å². The zero-order chi connectivity index (χ0) is 7.72. The van der Waals surface area contributed by atoms with Crippen molar-refractivity contribution >= 4 is 5.78 Å². The first-order chi connectivity index (χ1) is 4.66. The Morgan fingerprint density at radius 2 is 2.30 bits per heavy atom. The van der Waals surface area contributed by atoms with Crippen LogP contribution >= 0.6 is 0 Å². The lowest BCUT2D eigenvalue weighted by molar-refractivity contribution is -0.121. The average molecular weight is 142 g/mol. The summed E-state index contributed by atoms with van der Waals surface area (Å²) in [6.07, 6.45) is 0.869. The molecule has 58 valence electrons. The van der Waals surface area contributed by atoms with E-state index in [0.717, 1.165) is 6.42 Å². The molecular formula is C8H14O2. The number of carbonyl (C=O) groups is 1. The molecule has 0 aromatic heterocycles. The number of aliphatic hydroxyl groups excluding tert-OH is 1. The number of Topliss-reactive ketones (excluding diaryl/α,β-unsaturated/α-hetero) is 1. The Balaban J connectivity index is 2.64. The Kier molecular flexibility index (Phi) is 2.09. The van der Waals surface area contributed by atoms with E-state index in [1.165, 1.54) is 0 Å². The molecule has 0 radical (unpaired) electrons. The number of aliphatic hydroxyl groups is 1. The van der Waals surface area contributed by atoms with Gasteiger partial charge in [0.25, 0.3) is 0 Å². The van der Waals surface area contributed by atoms with Gasteiger partial charge in [0, 0.05) is 12.3 Å². The van der Waals surface area contributed by atoms with Crippen LogP contribution in [-0.2, 0) is 4.79 Å². The molecule has 0 spiro atoms. The van der Waals surface area contributed by atoms with Crippen LogP contribution in [-0.4, -0.2) is 17.0 Å². The third kappa shape index (κ3) is 1.08. The Morgan fingerprint density at radius 1 is 1.70 bits per heavy atom. The van der Waals surface area contributed by atoms with E-state index in [-0.39, 0.29) is 23.7 Å². The molecule has 1 rings (SSSR count). The molecule has 10 heavy (non-hydrogen) atoms. The molecule has 1 N–H and O–H groups in total. The highest BCUT2D eigenvalue weighted by molar-refractivity contribution is 5.84. The van der Waals surface area contributed by atoms with E-state index in [0.29, 0.717) is 6.42 Å². The van der Waals surface area contributed by atoms with Crippen LogP contribution in [0.25, 0.3) is 0 Å². The van der Waals surface area contributed by atoms with Gasteiger partial charge in [-0.15, -0.1) is 0 Å². The number of hydrogen-bond donors (Lipinski definition) is 1. The van der Waals surface area contributed by atoms with Crippen LogP contribution in [0.3, 0.4) is 0 Å². The van der Waals surface area contributed by atoms with Gasteiger partial charge in [-0.3, -0.25) is 4.79 Å². The highest BCUT2D eigenvalue weighted by atomic mass is 16.3. The zero-order valence-corrected chi connectivity index (χ0v) is 6.50. The van der Waals surface area contributed by atoms with E-state index in [1.807, 2.05) is 13.8 Å². The quantitative estimate of drug-likeness (QED) is 0.592. The van der Waals surface area contributed by atoms with Gasteiger partial charge in [-0.05, 0) is 12.3 Å². The van der Waals surface area contributed by atoms with Crippen molar-refractivity contribution in [3.05, 3.63) is 0 Å². The summed E-state index contributed by atoms with van der Waals surface area (Å²) < 4.78 is 0. The maximum absolute atomic E-state index is 11.1. The molecule has 0 bridgehead atoms. The van der Waals surface area contributed by atoms with Crippen molar-refractivity contribution < 1.29 is 9.90 Å². The van der Waals surface area contributed by atoms with Gasteiger partial charge < -0.3 is 5.11 Å². The van der Waals surface area contributed by atoms with Crippen molar-refractivity contribution in [1.29, 1.82) is 0 Å². The Labute approximate surface area is 61.2 Å². The van der Waals surface area contributed by atoms with Gasteiger partial charge in [-0.2, -0.15) is 0 Å². The summed E-state index contributed by atoms with van der Waals surface area (Å²) in [4.78, 5) is 11.1. The number of ketones is 1. The highest BCUT2D eigenvalue weighted by Gasteiger charge is 2.36. The van der Waals surface area contributed by atoms with Crippen molar-refractivity contribution in [2.24, 2.45) is 11.8 Å². The summed E-state index contributed by atoms with van der Waals surface area (Å²) in [6.45, 7) is 3.95. The molecule has 0 unspecified atom stereocenters. The normalized spacial score (nSPS) is 40.7. The van der Waals surface area contributed by atoms with E-state index >= 15 is 0 Å². The van der Waals surface area contributed by atoms with Crippen molar-refractivity contribution in [3.8, 4) is 0 Å². The van der Waals surface area contributed by atoms with Gasteiger partial charge in [0.1, 0.15) is 5.78 Å². The van der Waals surface area contributed by atoms with Gasteiger partial charge >= 0.3 is 0 Å². The second kappa shape index (κ2) is 2.70. The number of carbonyl (C=O) groups excluding carboxylic acids is 1. The first kappa shape index (κ1) is 7.73. The van der Waals surface area contributed by atoms with E-state index < -0.39 is 0 Å². The second-order valence-corrected chi connectivity index (χ2v) is 3.11. The van der Waals surface area contributed by atoms with E-state index in [4.69, 9.17) is 0 Å². The predicted octanol–water partition coefficient (Wildman–Crippen LogP) is 0.982. The lowest BCUT2D eigenvalue weighted by Crippen LogP contribution is -2.15. The van der Waals surface area contributed by atoms with Crippen LogP contribution in [0.1, 0.15) is 26.7 Å². The summed E-state index contributed by atoms with van der Waals surface area (Å²) in [5.74, 6) is 0.537. The molecule has 1 aliphatic carbocycles. The highest BCUT2D eigenvalue weighted by Crippen LogP contribution is 2.30. The summed E-state index contributed by atoms with van der Waals surface area (Å²) >= 11 is 0. The van der Waals surface area contributed by atoms with Crippen LogP contribution in [0.2, 0.25) is 0 Å². The Morgan fingerprint density at radius 3 is 2.50 bits per heavy atom. The Hall–Kier alpha value is -0.370. The Bertz CT molecular complexity index is 142. The molecule has 2 nitrogen and oxygen atoms in total. The van der Waals surface area contributed by atoms with Crippen molar-refractivity contribution in [3.63, 3.8) is 0 Å².